The molecule has 0 unspecified atom stereocenters. The van der Waals surface area contributed by atoms with Crippen LogP contribution in [-0.2, 0) is 32.2 Å². The molecular weight excluding hydrogens is 488 g/mol. The molecule has 5 heteroatoms. The van der Waals surface area contributed by atoms with Gasteiger partial charge in [-0.2, -0.15) is 0 Å². The van der Waals surface area contributed by atoms with E-state index < -0.39 is 5.97 Å². The molecule has 1 N–H and O–H groups in total. The van der Waals surface area contributed by atoms with E-state index in [-0.39, 0.29) is 28.0 Å². The van der Waals surface area contributed by atoms with Gasteiger partial charge >= 0.3 is 11.9 Å². The summed E-state index contributed by atoms with van der Waals surface area (Å²) < 4.78 is 11.4. The van der Waals surface area contributed by atoms with E-state index in [9.17, 15) is 14.7 Å². The van der Waals surface area contributed by atoms with E-state index in [0.29, 0.717) is 41.9 Å². The molecule has 2 aromatic rings. The van der Waals surface area contributed by atoms with Crippen LogP contribution in [0.15, 0.2) is 30.3 Å². The highest BCUT2D eigenvalue weighted by molar-refractivity contribution is 5.92. The molecule has 0 bridgehead atoms. The molecule has 0 spiro atoms. The van der Waals surface area contributed by atoms with Gasteiger partial charge < -0.3 is 14.6 Å². The predicted octanol–water partition coefficient (Wildman–Crippen LogP) is 8.56. The standard InChI is InChI=1S/C34H50O5/c1-11-12-13-14-19-38-29(35)18-16-23-15-17-28(25(20-23)32(2,3)4)39-31(37)24-21-26(33(5,6)7)30(36)27(22-24)34(8,9)10/h15,17,20-22,36H,11-14,16,18-19H2,1-10H3. The first-order valence-corrected chi connectivity index (χ1v) is 14.3. The lowest BCUT2D eigenvalue weighted by molar-refractivity contribution is -0.143. The van der Waals surface area contributed by atoms with E-state index in [4.69, 9.17) is 9.47 Å². The van der Waals surface area contributed by atoms with Crippen LogP contribution in [-0.4, -0.2) is 23.7 Å². The first kappa shape index (κ1) is 32.4. The van der Waals surface area contributed by atoms with Crippen LogP contribution in [0, 0.1) is 0 Å². The average molecular weight is 539 g/mol. The molecule has 0 amide bonds. The van der Waals surface area contributed by atoms with Crippen molar-refractivity contribution in [1.29, 1.82) is 0 Å². The number of hydrogen-bond acceptors (Lipinski definition) is 5. The molecule has 2 aromatic carbocycles. The topological polar surface area (TPSA) is 72.8 Å². The second-order valence-electron chi connectivity index (χ2n) is 13.7. The third-order valence-electron chi connectivity index (χ3n) is 6.90. The molecule has 0 atom stereocenters. The summed E-state index contributed by atoms with van der Waals surface area (Å²) in [6.07, 6.45) is 5.18. The lowest BCUT2D eigenvalue weighted by Gasteiger charge is -2.28. The SMILES string of the molecule is CCCCCCOC(=O)CCc1ccc(OC(=O)c2cc(C(C)(C)C)c(O)c(C(C)(C)C)c2)c(C(C)(C)C)c1. The van der Waals surface area contributed by atoms with Gasteiger partial charge in [0, 0.05) is 23.1 Å². The van der Waals surface area contributed by atoms with Crippen molar-refractivity contribution in [3.05, 3.63) is 58.1 Å². The molecule has 216 valence electrons. The molecule has 0 heterocycles. The number of aromatic hydroxyl groups is 1. The highest BCUT2D eigenvalue weighted by Gasteiger charge is 2.29. The molecule has 0 saturated heterocycles. The molecule has 0 fully saturated rings. The fraction of sp³-hybridized carbons (Fsp3) is 0.588. The quantitative estimate of drug-likeness (QED) is 0.186. The lowest BCUT2D eigenvalue weighted by Crippen LogP contribution is -2.21. The van der Waals surface area contributed by atoms with Gasteiger partial charge in [-0.15, -0.1) is 0 Å². The van der Waals surface area contributed by atoms with Crippen LogP contribution < -0.4 is 4.74 Å². The van der Waals surface area contributed by atoms with Crippen molar-refractivity contribution in [2.75, 3.05) is 6.61 Å². The van der Waals surface area contributed by atoms with Crippen LogP contribution in [0.1, 0.15) is 134 Å². The maximum Gasteiger partial charge on any atom is 0.343 e. The smallest absolute Gasteiger partial charge is 0.343 e. The van der Waals surface area contributed by atoms with Crippen LogP contribution >= 0.6 is 0 Å². The van der Waals surface area contributed by atoms with E-state index >= 15 is 0 Å². The second kappa shape index (κ2) is 13.0. The van der Waals surface area contributed by atoms with Gasteiger partial charge in [-0.25, -0.2) is 4.79 Å². The Hall–Kier alpha value is -2.82. The number of carbonyl (C=O) groups is 2. The van der Waals surface area contributed by atoms with Gasteiger partial charge in [0.2, 0.25) is 0 Å². The number of benzene rings is 2. The minimum atomic E-state index is -0.462. The highest BCUT2D eigenvalue weighted by atomic mass is 16.5. The lowest BCUT2D eigenvalue weighted by atomic mass is 9.78. The molecule has 0 aliphatic rings. The van der Waals surface area contributed by atoms with Crippen molar-refractivity contribution in [1.82, 2.24) is 0 Å². The summed E-state index contributed by atoms with van der Waals surface area (Å²) in [5.74, 6) is 0.0788. The zero-order chi connectivity index (χ0) is 29.6. The van der Waals surface area contributed by atoms with Crippen molar-refractivity contribution in [2.24, 2.45) is 0 Å². The average Bonchev–Trinajstić information content (AvgIpc) is 2.81. The van der Waals surface area contributed by atoms with Gasteiger partial charge in [0.1, 0.15) is 11.5 Å². The minimum absolute atomic E-state index is 0.184. The Bertz CT molecular complexity index is 1100. The summed E-state index contributed by atoms with van der Waals surface area (Å²) >= 11 is 0. The van der Waals surface area contributed by atoms with E-state index in [1.807, 2.05) is 59.7 Å². The Balaban J connectivity index is 2.28. The van der Waals surface area contributed by atoms with Crippen molar-refractivity contribution >= 4 is 11.9 Å². The third kappa shape index (κ3) is 9.40. The second-order valence-corrected chi connectivity index (χ2v) is 13.7. The third-order valence-corrected chi connectivity index (χ3v) is 6.90. The number of phenols is 1. The van der Waals surface area contributed by atoms with Crippen LogP contribution in [0.2, 0.25) is 0 Å². The number of hydrogen-bond donors (Lipinski definition) is 1. The van der Waals surface area contributed by atoms with Gasteiger partial charge in [0.05, 0.1) is 12.2 Å². The first-order chi connectivity index (χ1) is 17.9. The molecule has 0 saturated carbocycles. The van der Waals surface area contributed by atoms with Gasteiger partial charge in [-0.1, -0.05) is 101 Å². The van der Waals surface area contributed by atoms with Crippen LogP contribution in [0.25, 0.3) is 0 Å². The molecule has 0 aromatic heterocycles. The number of aryl methyl sites for hydroxylation is 1. The van der Waals surface area contributed by atoms with Gasteiger partial charge in [-0.05, 0) is 52.8 Å². The zero-order valence-electron chi connectivity index (χ0n) is 25.9. The Kier molecular flexibility index (Phi) is 10.8. The fourth-order valence-electron chi connectivity index (χ4n) is 4.50. The fourth-order valence-corrected chi connectivity index (χ4v) is 4.50. The first-order valence-electron chi connectivity index (χ1n) is 14.3. The molecule has 0 aliphatic heterocycles. The Morgan fingerprint density at radius 3 is 1.85 bits per heavy atom. The number of esters is 2. The van der Waals surface area contributed by atoms with Crippen molar-refractivity contribution in [3.63, 3.8) is 0 Å². The number of rotatable bonds is 10. The van der Waals surface area contributed by atoms with Crippen LogP contribution in [0.3, 0.4) is 0 Å². The summed E-state index contributed by atoms with van der Waals surface area (Å²) in [5.41, 5.74) is 2.74. The van der Waals surface area contributed by atoms with E-state index in [2.05, 4.69) is 27.7 Å². The van der Waals surface area contributed by atoms with Crippen molar-refractivity contribution in [3.8, 4) is 11.5 Å². The van der Waals surface area contributed by atoms with Crippen LogP contribution in [0.4, 0.5) is 0 Å². The molecule has 2 rings (SSSR count). The summed E-state index contributed by atoms with van der Waals surface area (Å²) in [7, 11) is 0. The van der Waals surface area contributed by atoms with Crippen molar-refractivity contribution in [2.45, 2.75) is 124 Å². The van der Waals surface area contributed by atoms with Gasteiger partial charge in [0.15, 0.2) is 0 Å². The Labute approximate surface area is 236 Å². The number of ether oxygens (including phenoxy) is 2. The number of unbranched alkanes of at least 4 members (excludes halogenated alkanes) is 3. The maximum atomic E-state index is 13.5. The molecular formula is C34H50O5. The normalized spacial score (nSPS) is 12.4. The van der Waals surface area contributed by atoms with Crippen molar-refractivity contribution < 1.29 is 24.2 Å². The van der Waals surface area contributed by atoms with Crippen LogP contribution in [0.5, 0.6) is 11.5 Å². The number of phenolic OH excluding ortho intramolecular Hbond substituents is 1. The Morgan fingerprint density at radius 1 is 0.769 bits per heavy atom. The van der Waals surface area contributed by atoms with Gasteiger partial charge in [-0.3, -0.25) is 4.79 Å². The molecule has 39 heavy (non-hydrogen) atoms. The predicted molar refractivity (Wildman–Crippen MR) is 159 cm³/mol. The molecule has 0 aliphatic carbocycles. The molecule has 0 radical (unpaired) electrons. The monoisotopic (exact) mass is 538 g/mol. The zero-order valence-corrected chi connectivity index (χ0v) is 25.9. The minimum Gasteiger partial charge on any atom is -0.507 e. The summed E-state index contributed by atoms with van der Waals surface area (Å²) in [6.45, 7) is 21.0. The van der Waals surface area contributed by atoms with E-state index in [1.54, 1.807) is 12.1 Å². The summed E-state index contributed by atoms with van der Waals surface area (Å²) in [6, 6.07) is 9.23. The van der Waals surface area contributed by atoms with Gasteiger partial charge in [0.25, 0.3) is 0 Å². The number of carbonyl (C=O) groups excluding carboxylic acids is 2. The van der Waals surface area contributed by atoms with E-state index in [0.717, 1.165) is 36.8 Å². The molecule has 5 nitrogen and oxygen atoms in total. The summed E-state index contributed by atoms with van der Waals surface area (Å²) in [4.78, 5) is 25.7. The Morgan fingerprint density at radius 2 is 1.33 bits per heavy atom. The maximum absolute atomic E-state index is 13.5. The highest BCUT2D eigenvalue weighted by Crippen LogP contribution is 2.40. The summed E-state index contributed by atoms with van der Waals surface area (Å²) in [5, 5.41) is 11.0. The largest absolute Gasteiger partial charge is 0.507 e. The van der Waals surface area contributed by atoms with E-state index in [1.165, 1.54) is 0 Å².